The summed E-state index contributed by atoms with van der Waals surface area (Å²) < 4.78 is 5.90. The Kier molecular flexibility index (Phi) is 13.5. The predicted octanol–water partition coefficient (Wildman–Crippen LogP) is 8.73. The van der Waals surface area contributed by atoms with Crippen LogP contribution < -0.4 is 11.1 Å². The Labute approximate surface area is 280 Å². The fourth-order valence-corrected chi connectivity index (χ4v) is 11.7. The highest BCUT2D eigenvalue weighted by Gasteiger charge is 2.59. The van der Waals surface area contributed by atoms with Gasteiger partial charge >= 0.3 is 12.1 Å². The molecule has 4 rings (SSSR count). The van der Waals surface area contributed by atoms with Gasteiger partial charge in [-0.25, -0.2) is 4.79 Å². The van der Waals surface area contributed by atoms with Crippen LogP contribution in [0.3, 0.4) is 0 Å². The van der Waals surface area contributed by atoms with E-state index in [9.17, 15) is 9.59 Å². The third kappa shape index (κ3) is 9.39. The maximum atomic E-state index is 12.6. The Morgan fingerprint density at radius 1 is 1.09 bits per heavy atom. The van der Waals surface area contributed by atoms with E-state index in [1.807, 2.05) is 0 Å². The van der Waals surface area contributed by atoms with Crippen LogP contribution in [0.15, 0.2) is 16.6 Å². The van der Waals surface area contributed by atoms with Crippen molar-refractivity contribution in [3.05, 3.63) is 11.6 Å². The molecule has 0 bridgehead atoms. The van der Waals surface area contributed by atoms with E-state index in [-0.39, 0.29) is 23.4 Å². The van der Waals surface area contributed by atoms with Gasteiger partial charge < -0.3 is 20.9 Å². The van der Waals surface area contributed by atoms with Crippen molar-refractivity contribution in [1.29, 1.82) is 0 Å². The smallest absolute Gasteiger partial charge is 0.407 e. The van der Waals surface area contributed by atoms with Gasteiger partial charge in [-0.05, 0) is 97.7 Å². The van der Waals surface area contributed by atoms with E-state index in [4.69, 9.17) is 15.6 Å². The molecule has 4 aliphatic carbocycles. The molecule has 4 aliphatic rings. The minimum atomic E-state index is -0.799. The number of hydrogen-bond donors (Lipinski definition) is 3. The van der Waals surface area contributed by atoms with E-state index in [0.29, 0.717) is 30.8 Å². The van der Waals surface area contributed by atoms with E-state index in [1.165, 1.54) is 73.0 Å². The second kappa shape index (κ2) is 16.7. The van der Waals surface area contributed by atoms with Gasteiger partial charge in [-0.2, -0.15) is 0 Å². The van der Waals surface area contributed by atoms with Crippen LogP contribution in [0.5, 0.6) is 0 Å². The van der Waals surface area contributed by atoms with Crippen LogP contribution in [0.1, 0.15) is 118 Å². The number of hydrogen-bond acceptors (Lipinski definition) is 6. The number of allylic oxidation sites excluding steroid dienone is 1. The topological polar surface area (TPSA) is 114 Å². The molecule has 0 aromatic heterocycles. The maximum absolute atomic E-state index is 12.6. The lowest BCUT2D eigenvalue weighted by atomic mass is 9.47. The van der Waals surface area contributed by atoms with Crippen LogP contribution in [0, 0.1) is 46.3 Å². The Morgan fingerprint density at radius 3 is 2.64 bits per heavy atom. The molecule has 9 heteroatoms. The number of aliphatic imine (C=N–C) groups is 1. The van der Waals surface area contributed by atoms with E-state index in [1.54, 1.807) is 5.57 Å². The molecule has 3 unspecified atom stereocenters. The van der Waals surface area contributed by atoms with Crippen LogP contribution >= 0.6 is 21.6 Å². The van der Waals surface area contributed by atoms with Crippen molar-refractivity contribution in [2.24, 2.45) is 57.1 Å². The first kappa shape index (κ1) is 36.5. The molecular weight excluding hydrogens is 603 g/mol. The second-order valence-corrected chi connectivity index (χ2v) is 18.0. The molecule has 0 saturated heterocycles. The number of fused-ring (bicyclic) bond motifs is 5. The number of nitrogens with two attached hydrogens (primary N) is 1. The summed E-state index contributed by atoms with van der Waals surface area (Å²) in [4.78, 5) is 27.5. The number of aliphatic carboxylic acids is 1. The number of carboxylic acid groups (broad SMARTS) is 1. The molecule has 1 amide bonds. The number of amides is 1. The van der Waals surface area contributed by atoms with Crippen LogP contribution in [0.2, 0.25) is 0 Å². The number of nitrogens with zero attached hydrogens (tertiary/aromatic N) is 1. The summed E-state index contributed by atoms with van der Waals surface area (Å²) in [6, 6.07) is 0. The van der Waals surface area contributed by atoms with Crippen LogP contribution in [-0.2, 0) is 9.53 Å². The van der Waals surface area contributed by atoms with Gasteiger partial charge in [0, 0.05) is 25.1 Å². The Bertz CT molecular complexity index is 1070. The van der Waals surface area contributed by atoms with Crippen molar-refractivity contribution in [1.82, 2.24) is 5.32 Å². The summed E-state index contributed by atoms with van der Waals surface area (Å²) in [7, 11) is 2.88. The Balaban J connectivity index is 1.21. The first-order valence-corrected chi connectivity index (χ1v) is 20.3. The molecule has 256 valence electrons. The molecular formula is C36H61N3O4S2. The van der Waals surface area contributed by atoms with Crippen molar-refractivity contribution in [2.75, 3.05) is 24.6 Å². The summed E-state index contributed by atoms with van der Waals surface area (Å²) in [5, 5.41) is 11.5. The molecule has 7 nitrogen and oxygen atoms in total. The van der Waals surface area contributed by atoms with E-state index < -0.39 is 5.97 Å². The lowest BCUT2D eigenvalue weighted by molar-refractivity contribution is -0.133. The highest BCUT2D eigenvalue weighted by molar-refractivity contribution is 8.76. The van der Waals surface area contributed by atoms with Gasteiger partial charge in [-0.15, -0.1) is 0 Å². The van der Waals surface area contributed by atoms with E-state index in [0.717, 1.165) is 66.9 Å². The van der Waals surface area contributed by atoms with Crippen molar-refractivity contribution < 1.29 is 19.4 Å². The molecule has 4 N–H and O–H groups in total. The highest BCUT2D eigenvalue weighted by atomic mass is 33.1. The second-order valence-electron chi connectivity index (χ2n) is 15.4. The van der Waals surface area contributed by atoms with Gasteiger partial charge in [-0.1, -0.05) is 87.1 Å². The van der Waals surface area contributed by atoms with Gasteiger partial charge in [0.1, 0.15) is 11.9 Å². The minimum Gasteiger partial charge on any atom is -0.481 e. The molecule has 0 spiro atoms. The van der Waals surface area contributed by atoms with E-state index in [2.05, 4.69) is 51.0 Å². The van der Waals surface area contributed by atoms with Crippen LogP contribution in [0.4, 0.5) is 4.79 Å². The first-order valence-electron chi connectivity index (χ1n) is 17.8. The summed E-state index contributed by atoms with van der Waals surface area (Å²) >= 11 is 0. The predicted molar refractivity (Wildman–Crippen MR) is 190 cm³/mol. The lowest BCUT2D eigenvalue weighted by Gasteiger charge is -2.58. The zero-order valence-electron chi connectivity index (χ0n) is 28.7. The zero-order chi connectivity index (χ0) is 32.6. The molecule has 45 heavy (non-hydrogen) atoms. The number of carboxylic acids is 1. The molecule has 0 heterocycles. The number of amidine groups is 1. The number of carbonyl (C=O) groups excluding carboxylic acids is 1. The number of carbonyl (C=O) groups is 2. The fraction of sp³-hybridized carbons (Fsp3) is 0.861. The van der Waals surface area contributed by atoms with Crippen molar-refractivity contribution in [3.8, 4) is 0 Å². The van der Waals surface area contributed by atoms with Gasteiger partial charge in [0.05, 0.1) is 12.4 Å². The third-order valence-corrected chi connectivity index (χ3v) is 14.5. The lowest BCUT2D eigenvalue weighted by Crippen LogP contribution is -2.51. The maximum Gasteiger partial charge on any atom is 0.407 e. The average molecular weight is 664 g/mol. The number of rotatable bonds is 16. The summed E-state index contributed by atoms with van der Waals surface area (Å²) in [5.41, 5.74) is 8.30. The van der Waals surface area contributed by atoms with Crippen LogP contribution in [0.25, 0.3) is 0 Å². The van der Waals surface area contributed by atoms with Crippen molar-refractivity contribution in [2.45, 2.75) is 124 Å². The third-order valence-electron chi connectivity index (χ3n) is 12.2. The van der Waals surface area contributed by atoms with Crippen molar-refractivity contribution in [3.63, 3.8) is 0 Å². The molecule has 0 aromatic carbocycles. The molecule has 3 saturated carbocycles. The molecule has 0 aromatic rings. The summed E-state index contributed by atoms with van der Waals surface area (Å²) in [6.07, 6.45) is 17.6. The summed E-state index contributed by atoms with van der Waals surface area (Å²) in [5.74, 6) is 5.69. The standard InChI is InChI=1S/C36H61N3O4S2/c1-24(2)8-6-9-25(3)29-13-14-30-28-12-11-26-22-27(15-17-35(26,4)31(28)16-18-36(29,30)5)43-34(42)39-20-19-38-32(37)10-7-21-44-45-23-33(40)41/h11,24-25,27-31H,6-10,12-23H2,1-5H3,(H2,37,38)(H,39,42)(H,40,41)/t25-,27+,28?,29-,30?,31?,35+,36-/m1/s1. The molecule has 8 atom stereocenters. The largest absolute Gasteiger partial charge is 0.481 e. The zero-order valence-corrected chi connectivity index (χ0v) is 30.3. The monoisotopic (exact) mass is 663 g/mol. The van der Waals surface area contributed by atoms with Gasteiger partial charge in [0.2, 0.25) is 0 Å². The van der Waals surface area contributed by atoms with Gasteiger partial charge in [-0.3, -0.25) is 9.79 Å². The van der Waals surface area contributed by atoms with E-state index >= 15 is 0 Å². The first-order chi connectivity index (χ1) is 21.4. The minimum absolute atomic E-state index is 0.0534. The highest BCUT2D eigenvalue weighted by Crippen LogP contribution is 2.67. The normalized spacial score (nSPS) is 33.5. The number of nitrogens with one attached hydrogen (secondary N) is 1. The number of alkyl carbamates (subject to hydrolysis) is 1. The Hall–Kier alpha value is -1.35. The fourth-order valence-electron chi connectivity index (χ4n) is 9.85. The van der Waals surface area contributed by atoms with Gasteiger partial charge in [0.15, 0.2) is 0 Å². The number of ether oxygens (including phenoxy) is 1. The van der Waals surface area contributed by atoms with Crippen molar-refractivity contribution >= 4 is 39.5 Å². The molecule has 3 fully saturated rings. The molecule has 0 radical (unpaired) electrons. The molecule has 0 aliphatic heterocycles. The average Bonchev–Trinajstić information content (AvgIpc) is 3.34. The Morgan fingerprint density at radius 2 is 1.89 bits per heavy atom. The quantitative estimate of drug-likeness (QED) is 0.0498. The van der Waals surface area contributed by atoms with Gasteiger partial charge in [0.25, 0.3) is 0 Å². The summed E-state index contributed by atoms with van der Waals surface area (Å²) in [6.45, 7) is 13.3. The van der Waals surface area contributed by atoms with Crippen LogP contribution in [-0.4, -0.2) is 53.7 Å². The SMILES string of the molecule is CC(C)CCC[C@@H](C)[C@H]1CCC2C3CC=C4C[C@@H](OC(=O)NCCN=C(N)CCCSSCC(=O)O)CC[C@]4(C)C3CC[C@@]21C.